The first kappa shape index (κ1) is 18.3. The number of aryl methyl sites for hydroxylation is 1. The summed E-state index contributed by atoms with van der Waals surface area (Å²) < 4.78 is 31.4. The molecule has 0 aliphatic rings. The second-order valence-electron chi connectivity index (χ2n) is 5.97. The molecule has 0 atom stereocenters. The summed E-state index contributed by atoms with van der Waals surface area (Å²) in [5.41, 5.74) is 0.777. The van der Waals surface area contributed by atoms with Crippen LogP contribution in [-0.2, 0) is 9.84 Å². The first-order valence-corrected chi connectivity index (χ1v) is 10.4. The molecular weight excluding hydrogens is 402 g/mol. The Bertz CT molecular complexity index is 1280. The van der Waals surface area contributed by atoms with Crippen LogP contribution in [0.3, 0.4) is 0 Å². The Labute approximate surface area is 164 Å². The fourth-order valence-corrected chi connectivity index (χ4v) is 4.98. The van der Waals surface area contributed by atoms with Gasteiger partial charge in [0, 0.05) is 17.3 Å². The highest BCUT2D eigenvalue weighted by atomic mass is 32.2. The van der Waals surface area contributed by atoms with E-state index in [4.69, 9.17) is 0 Å². The molecule has 0 spiro atoms. The summed E-state index contributed by atoms with van der Waals surface area (Å²) in [7, 11) is -3.92. The minimum absolute atomic E-state index is 0.0537. The summed E-state index contributed by atoms with van der Waals surface area (Å²) in [5, 5.41) is 28.0. The lowest BCUT2D eigenvalue weighted by atomic mass is 10.2. The molecule has 0 amide bonds. The summed E-state index contributed by atoms with van der Waals surface area (Å²) in [6.07, 6.45) is 1.33. The average molecular weight is 415 g/mol. The van der Waals surface area contributed by atoms with E-state index in [0.29, 0.717) is 14.7 Å². The summed E-state index contributed by atoms with van der Waals surface area (Å²) in [5.74, 6) is 0. The van der Waals surface area contributed by atoms with Gasteiger partial charge in [-0.25, -0.2) is 8.42 Å². The second-order valence-corrected chi connectivity index (χ2v) is 8.95. The zero-order chi connectivity index (χ0) is 19.9. The maximum absolute atomic E-state index is 13.0. The molecular formula is C18H13N3O5S2. The minimum atomic E-state index is -3.92. The van der Waals surface area contributed by atoms with Crippen molar-refractivity contribution in [3.05, 3.63) is 76.8 Å². The van der Waals surface area contributed by atoms with E-state index in [1.54, 1.807) is 30.3 Å². The molecule has 0 radical (unpaired) electrons. The smallest absolute Gasteiger partial charge is 0.268 e. The van der Waals surface area contributed by atoms with Crippen molar-refractivity contribution in [2.45, 2.75) is 26.6 Å². The number of hydrogen-bond acceptors (Lipinski definition) is 7. The van der Waals surface area contributed by atoms with Crippen LogP contribution in [0.1, 0.15) is 5.56 Å². The van der Waals surface area contributed by atoms with Gasteiger partial charge in [-0.2, -0.15) is 4.73 Å². The lowest BCUT2D eigenvalue weighted by Crippen LogP contribution is -2.28. The molecule has 8 nitrogen and oxygen atoms in total. The third-order valence-electron chi connectivity index (χ3n) is 4.09. The van der Waals surface area contributed by atoms with E-state index < -0.39 is 9.84 Å². The Morgan fingerprint density at radius 3 is 2.50 bits per heavy atom. The van der Waals surface area contributed by atoms with Gasteiger partial charge in [0.2, 0.25) is 15.4 Å². The lowest BCUT2D eigenvalue weighted by molar-refractivity contribution is -0.783. The number of hydrogen-bond donors (Lipinski definition) is 0. The predicted molar refractivity (Wildman–Crippen MR) is 99.1 cm³/mol. The van der Waals surface area contributed by atoms with Crippen LogP contribution in [0.15, 0.2) is 85.1 Å². The monoisotopic (exact) mass is 415 g/mol. The predicted octanol–water partition coefficient (Wildman–Crippen LogP) is 2.39. The molecule has 0 bridgehead atoms. The van der Waals surface area contributed by atoms with Gasteiger partial charge in [0.25, 0.3) is 10.5 Å². The van der Waals surface area contributed by atoms with Crippen LogP contribution in [0.2, 0.25) is 0 Å². The van der Waals surface area contributed by atoms with Crippen molar-refractivity contribution in [2.24, 2.45) is 0 Å². The van der Waals surface area contributed by atoms with Gasteiger partial charge in [0.1, 0.15) is 4.90 Å². The summed E-state index contributed by atoms with van der Waals surface area (Å²) in [6, 6.07) is 14.0. The number of pyridine rings is 1. The molecule has 4 rings (SSSR count). The van der Waals surface area contributed by atoms with E-state index >= 15 is 0 Å². The first-order valence-electron chi connectivity index (χ1n) is 8.08. The van der Waals surface area contributed by atoms with Gasteiger partial charge in [0.05, 0.1) is 9.79 Å². The average Bonchev–Trinajstić information content (AvgIpc) is 3.06. The highest BCUT2D eigenvalue weighted by Gasteiger charge is 2.29. The van der Waals surface area contributed by atoms with E-state index in [2.05, 4.69) is 9.79 Å². The highest BCUT2D eigenvalue weighted by molar-refractivity contribution is 7.99. The molecule has 0 N–H and O–H groups in total. The molecule has 28 heavy (non-hydrogen) atoms. The largest absolute Gasteiger partial charge is 0.618 e. The maximum Gasteiger partial charge on any atom is 0.268 e. The topological polar surface area (TPSA) is 114 Å². The molecule has 2 aromatic heterocycles. The van der Waals surface area contributed by atoms with Gasteiger partial charge in [-0.05, 0) is 53.9 Å². The van der Waals surface area contributed by atoms with E-state index in [1.165, 1.54) is 30.5 Å². The molecule has 10 heteroatoms. The van der Waals surface area contributed by atoms with Crippen LogP contribution in [0, 0.1) is 17.3 Å². The molecule has 0 aliphatic carbocycles. The summed E-state index contributed by atoms with van der Waals surface area (Å²) in [6.45, 7) is 1.85. The van der Waals surface area contributed by atoms with Crippen LogP contribution < -0.4 is 9.63 Å². The SMILES string of the molecule is Cc1ccc(S(=O)(=O)c2ccc(Sc3cccc[n+]3[O-])c3c2no[n+]3[O-])cc1. The highest BCUT2D eigenvalue weighted by Crippen LogP contribution is 2.34. The molecule has 0 unspecified atom stereocenters. The lowest BCUT2D eigenvalue weighted by Gasteiger charge is -2.06. The fraction of sp³-hybridized carbons (Fsp3) is 0.0556. The molecule has 0 fully saturated rings. The van der Waals surface area contributed by atoms with Crippen molar-refractivity contribution in [3.63, 3.8) is 0 Å². The van der Waals surface area contributed by atoms with Crippen molar-refractivity contribution in [1.82, 2.24) is 5.16 Å². The van der Waals surface area contributed by atoms with Crippen molar-refractivity contribution >= 4 is 32.6 Å². The Morgan fingerprint density at radius 2 is 1.79 bits per heavy atom. The van der Waals surface area contributed by atoms with Crippen LogP contribution in [0.5, 0.6) is 0 Å². The van der Waals surface area contributed by atoms with Crippen molar-refractivity contribution in [3.8, 4) is 0 Å². The third kappa shape index (κ3) is 3.06. The number of nitrogens with zero attached hydrogens (tertiary/aromatic N) is 3. The van der Waals surface area contributed by atoms with Gasteiger partial charge >= 0.3 is 0 Å². The number of fused-ring (bicyclic) bond motifs is 1. The van der Waals surface area contributed by atoms with Gasteiger partial charge in [0.15, 0.2) is 6.20 Å². The van der Waals surface area contributed by atoms with Crippen molar-refractivity contribution in [2.75, 3.05) is 0 Å². The quantitative estimate of drug-likeness (QED) is 0.371. The summed E-state index contributed by atoms with van der Waals surface area (Å²) in [4.78, 5) is 0.437. The Hall–Kier alpha value is -3.11. The van der Waals surface area contributed by atoms with Crippen LogP contribution in [-0.4, -0.2) is 13.6 Å². The first-order chi connectivity index (χ1) is 13.4. The van der Waals surface area contributed by atoms with Crippen LogP contribution >= 0.6 is 11.8 Å². The summed E-state index contributed by atoms with van der Waals surface area (Å²) >= 11 is 1.01. The second kappa shape index (κ2) is 6.80. The van der Waals surface area contributed by atoms with E-state index in [1.807, 2.05) is 6.92 Å². The Morgan fingerprint density at radius 1 is 1.04 bits per heavy atom. The molecule has 0 saturated heterocycles. The molecule has 2 heterocycles. The zero-order valence-electron chi connectivity index (χ0n) is 14.5. The number of sulfone groups is 1. The zero-order valence-corrected chi connectivity index (χ0v) is 16.1. The Kier molecular flexibility index (Phi) is 4.44. The van der Waals surface area contributed by atoms with Crippen molar-refractivity contribution < 1.29 is 22.7 Å². The normalized spacial score (nSPS) is 11.8. The standard InChI is InChI=1S/C18H13N3O5S2/c1-12-5-7-13(8-6-12)28(24,25)15-10-9-14(18-17(15)19-26-21(18)23)27-16-4-2-3-11-20(16)22/h2-11H,1H3. The van der Waals surface area contributed by atoms with Crippen LogP contribution in [0.25, 0.3) is 11.0 Å². The van der Waals surface area contributed by atoms with Crippen molar-refractivity contribution in [1.29, 1.82) is 0 Å². The van der Waals surface area contributed by atoms with Gasteiger partial charge in [-0.3, -0.25) is 4.63 Å². The molecule has 4 aromatic rings. The van der Waals surface area contributed by atoms with Crippen LogP contribution in [0.4, 0.5) is 0 Å². The maximum atomic E-state index is 13.0. The number of aromatic nitrogens is 3. The van der Waals surface area contributed by atoms with Gasteiger partial charge < -0.3 is 10.4 Å². The van der Waals surface area contributed by atoms with E-state index in [-0.39, 0.29) is 25.7 Å². The molecule has 2 aromatic carbocycles. The molecule has 142 valence electrons. The van der Waals surface area contributed by atoms with Gasteiger partial charge in [-0.1, -0.05) is 17.7 Å². The van der Waals surface area contributed by atoms with E-state index in [9.17, 15) is 18.8 Å². The van der Waals surface area contributed by atoms with E-state index in [0.717, 1.165) is 17.3 Å². The van der Waals surface area contributed by atoms with Gasteiger partial charge in [-0.15, -0.1) is 0 Å². The number of benzene rings is 2. The number of rotatable bonds is 4. The fourth-order valence-electron chi connectivity index (χ4n) is 2.67. The third-order valence-corrected chi connectivity index (χ3v) is 6.97. The minimum Gasteiger partial charge on any atom is -0.618 e. The molecule has 0 aliphatic heterocycles. The molecule has 0 saturated carbocycles. The Balaban J connectivity index is 1.87.